The Kier molecular flexibility index (Phi) is 4.73. The molecule has 1 atom stereocenters. The topological polar surface area (TPSA) is 15.3 Å². The highest BCUT2D eigenvalue weighted by molar-refractivity contribution is 6.31. The maximum absolute atomic E-state index is 13.2. The molecular formula is C14H16ClF3N2. The normalized spacial score (nSPS) is 18.8. The Hall–Kier alpha value is -1.04. The number of benzene rings is 1. The molecule has 0 saturated carbocycles. The molecule has 110 valence electrons. The van der Waals surface area contributed by atoms with Crippen molar-refractivity contribution >= 4 is 11.6 Å². The van der Waals surface area contributed by atoms with Gasteiger partial charge in [0.25, 0.3) is 0 Å². The van der Waals surface area contributed by atoms with Crippen LogP contribution in [0.3, 0.4) is 0 Å². The van der Waals surface area contributed by atoms with Crippen LogP contribution in [0.25, 0.3) is 0 Å². The predicted octanol–water partition coefficient (Wildman–Crippen LogP) is 3.49. The minimum absolute atomic E-state index is 0.0959. The van der Waals surface area contributed by atoms with Gasteiger partial charge in [0.1, 0.15) is 0 Å². The SMILES string of the molecule is C=C[C@@H](c1c(Cl)cccc1C(F)(F)F)N1CCNCC1. The van der Waals surface area contributed by atoms with Crippen molar-refractivity contribution in [2.45, 2.75) is 12.2 Å². The minimum atomic E-state index is -4.42. The molecule has 1 aromatic rings. The summed E-state index contributed by atoms with van der Waals surface area (Å²) in [7, 11) is 0. The van der Waals surface area contributed by atoms with Gasteiger partial charge in [-0.15, -0.1) is 6.58 Å². The van der Waals surface area contributed by atoms with E-state index in [1.807, 2.05) is 4.90 Å². The van der Waals surface area contributed by atoms with Gasteiger partial charge in [0.05, 0.1) is 11.6 Å². The molecule has 2 rings (SSSR count). The van der Waals surface area contributed by atoms with E-state index >= 15 is 0 Å². The van der Waals surface area contributed by atoms with Crippen molar-refractivity contribution < 1.29 is 13.2 Å². The molecule has 2 nitrogen and oxygen atoms in total. The average Bonchev–Trinajstić information content (AvgIpc) is 2.41. The number of alkyl halides is 3. The van der Waals surface area contributed by atoms with Gasteiger partial charge >= 0.3 is 6.18 Å². The van der Waals surface area contributed by atoms with Gasteiger partial charge in [-0.25, -0.2) is 0 Å². The molecule has 0 radical (unpaired) electrons. The Morgan fingerprint density at radius 1 is 1.30 bits per heavy atom. The lowest BCUT2D eigenvalue weighted by atomic mass is 9.98. The molecule has 1 heterocycles. The molecule has 20 heavy (non-hydrogen) atoms. The second kappa shape index (κ2) is 6.16. The molecule has 0 aliphatic carbocycles. The van der Waals surface area contributed by atoms with E-state index in [1.165, 1.54) is 18.2 Å². The maximum atomic E-state index is 13.2. The number of nitrogens with one attached hydrogen (secondary N) is 1. The van der Waals surface area contributed by atoms with Gasteiger partial charge in [-0.2, -0.15) is 13.2 Å². The fraction of sp³-hybridized carbons (Fsp3) is 0.429. The first-order valence-corrected chi connectivity index (χ1v) is 6.76. The van der Waals surface area contributed by atoms with Gasteiger partial charge in [0, 0.05) is 36.8 Å². The summed E-state index contributed by atoms with van der Waals surface area (Å²) < 4.78 is 39.5. The van der Waals surface area contributed by atoms with E-state index in [-0.39, 0.29) is 10.6 Å². The van der Waals surface area contributed by atoms with E-state index in [9.17, 15) is 13.2 Å². The molecule has 1 N–H and O–H groups in total. The molecule has 0 aromatic heterocycles. The Morgan fingerprint density at radius 3 is 2.50 bits per heavy atom. The molecule has 0 unspecified atom stereocenters. The van der Waals surface area contributed by atoms with Crippen LogP contribution in [0.2, 0.25) is 5.02 Å². The zero-order chi connectivity index (χ0) is 14.8. The average molecular weight is 305 g/mol. The van der Waals surface area contributed by atoms with Crippen LogP contribution in [-0.2, 0) is 6.18 Å². The summed E-state index contributed by atoms with van der Waals surface area (Å²) in [5.74, 6) is 0. The lowest BCUT2D eigenvalue weighted by molar-refractivity contribution is -0.138. The molecular weight excluding hydrogens is 289 g/mol. The zero-order valence-corrected chi connectivity index (χ0v) is 11.6. The van der Waals surface area contributed by atoms with Crippen LogP contribution in [0.4, 0.5) is 13.2 Å². The van der Waals surface area contributed by atoms with Crippen LogP contribution in [0.5, 0.6) is 0 Å². The highest BCUT2D eigenvalue weighted by Gasteiger charge is 2.37. The van der Waals surface area contributed by atoms with Crippen molar-refractivity contribution in [3.05, 3.63) is 47.0 Å². The first-order valence-electron chi connectivity index (χ1n) is 6.38. The fourth-order valence-corrected chi connectivity index (χ4v) is 2.78. The van der Waals surface area contributed by atoms with E-state index in [4.69, 9.17) is 11.6 Å². The summed E-state index contributed by atoms with van der Waals surface area (Å²) in [6, 6.07) is 3.36. The molecule has 1 aromatic carbocycles. The van der Waals surface area contributed by atoms with E-state index in [0.717, 1.165) is 19.2 Å². The fourth-order valence-electron chi connectivity index (χ4n) is 2.49. The summed E-state index contributed by atoms with van der Waals surface area (Å²) in [4.78, 5) is 1.96. The predicted molar refractivity (Wildman–Crippen MR) is 73.8 cm³/mol. The highest BCUT2D eigenvalue weighted by Crippen LogP contribution is 2.40. The van der Waals surface area contributed by atoms with Gasteiger partial charge in [-0.05, 0) is 12.1 Å². The van der Waals surface area contributed by atoms with Crippen molar-refractivity contribution in [2.24, 2.45) is 0 Å². The van der Waals surface area contributed by atoms with E-state index in [2.05, 4.69) is 11.9 Å². The lowest BCUT2D eigenvalue weighted by Gasteiger charge is -2.35. The number of hydrogen-bond acceptors (Lipinski definition) is 2. The highest BCUT2D eigenvalue weighted by atomic mass is 35.5. The van der Waals surface area contributed by atoms with Crippen molar-refractivity contribution in [3.8, 4) is 0 Å². The van der Waals surface area contributed by atoms with Crippen molar-refractivity contribution in [1.29, 1.82) is 0 Å². The molecule has 0 bridgehead atoms. The standard InChI is InChI=1S/C14H16ClF3N2/c1-2-12(20-8-6-19-7-9-20)13-10(14(16,17)18)4-3-5-11(13)15/h2-5,12,19H,1,6-9H2/t12-/m0/s1. The molecule has 1 saturated heterocycles. The Labute approximate surface area is 121 Å². The van der Waals surface area contributed by atoms with Crippen LogP contribution in [0, 0.1) is 0 Å². The first-order chi connectivity index (χ1) is 9.45. The van der Waals surface area contributed by atoms with E-state index in [1.54, 1.807) is 0 Å². The number of nitrogens with zero attached hydrogens (tertiary/aromatic N) is 1. The second-order valence-corrected chi connectivity index (χ2v) is 5.07. The molecule has 6 heteroatoms. The van der Waals surface area contributed by atoms with Crippen LogP contribution in [0.1, 0.15) is 17.2 Å². The summed E-state index contributed by atoms with van der Waals surface area (Å²) in [5.41, 5.74) is -0.591. The summed E-state index contributed by atoms with van der Waals surface area (Å²) >= 11 is 6.04. The first kappa shape index (κ1) is 15.4. The molecule has 0 spiro atoms. The smallest absolute Gasteiger partial charge is 0.314 e. The summed E-state index contributed by atoms with van der Waals surface area (Å²) in [6.45, 7) is 6.51. The molecule has 0 amide bonds. The third-order valence-electron chi connectivity index (χ3n) is 3.42. The largest absolute Gasteiger partial charge is 0.416 e. The Morgan fingerprint density at radius 2 is 1.95 bits per heavy atom. The zero-order valence-electron chi connectivity index (χ0n) is 10.9. The molecule has 1 fully saturated rings. The van der Waals surface area contributed by atoms with Crippen LogP contribution in [-0.4, -0.2) is 31.1 Å². The quantitative estimate of drug-likeness (QED) is 0.860. The van der Waals surface area contributed by atoms with Gasteiger partial charge in [0.2, 0.25) is 0 Å². The maximum Gasteiger partial charge on any atom is 0.416 e. The summed E-state index contributed by atoms with van der Waals surface area (Å²) in [5, 5.41) is 3.30. The van der Waals surface area contributed by atoms with E-state index in [0.29, 0.717) is 13.1 Å². The number of halogens is 4. The van der Waals surface area contributed by atoms with Crippen LogP contribution >= 0.6 is 11.6 Å². The second-order valence-electron chi connectivity index (χ2n) is 4.67. The Bertz CT molecular complexity index is 482. The van der Waals surface area contributed by atoms with Crippen molar-refractivity contribution in [1.82, 2.24) is 10.2 Å². The summed E-state index contributed by atoms with van der Waals surface area (Å²) in [6.07, 6.45) is -2.89. The van der Waals surface area contributed by atoms with Gasteiger partial charge < -0.3 is 5.32 Å². The van der Waals surface area contributed by atoms with Crippen molar-refractivity contribution in [3.63, 3.8) is 0 Å². The van der Waals surface area contributed by atoms with E-state index < -0.39 is 17.8 Å². The van der Waals surface area contributed by atoms with Crippen LogP contribution < -0.4 is 5.32 Å². The minimum Gasteiger partial charge on any atom is -0.314 e. The molecule has 1 aliphatic rings. The van der Waals surface area contributed by atoms with Gasteiger partial charge in [-0.1, -0.05) is 23.7 Å². The van der Waals surface area contributed by atoms with Crippen molar-refractivity contribution in [2.75, 3.05) is 26.2 Å². The van der Waals surface area contributed by atoms with Gasteiger partial charge in [0.15, 0.2) is 0 Å². The molecule has 1 aliphatic heterocycles. The number of rotatable bonds is 3. The monoisotopic (exact) mass is 304 g/mol. The van der Waals surface area contributed by atoms with Gasteiger partial charge in [-0.3, -0.25) is 4.90 Å². The lowest BCUT2D eigenvalue weighted by Crippen LogP contribution is -2.45. The number of hydrogen-bond donors (Lipinski definition) is 1. The number of piperazine rings is 1. The van der Waals surface area contributed by atoms with Crippen LogP contribution in [0.15, 0.2) is 30.9 Å². The third kappa shape index (κ3) is 3.16. The third-order valence-corrected chi connectivity index (χ3v) is 3.75. The Balaban J connectivity index is 2.45.